The van der Waals surface area contributed by atoms with Crippen LogP contribution in [-0.4, -0.2) is 22.4 Å². The maximum absolute atomic E-state index is 12.0. The van der Waals surface area contributed by atoms with Gasteiger partial charge in [-0.05, 0) is 24.6 Å². The highest BCUT2D eigenvalue weighted by Gasteiger charge is 2.09. The zero-order valence-electron chi connectivity index (χ0n) is 11.1. The molecule has 0 aliphatic carbocycles. The first-order valence-electron chi connectivity index (χ1n) is 6.07. The van der Waals surface area contributed by atoms with E-state index in [0.29, 0.717) is 12.2 Å². The van der Waals surface area contributed by atoms with E-state index in [4.69, 9.17) is 5.73 Å². The van der Waals surface area contributed by atoms with Crippen molar-refractivity contribution in [3.8, 4) is 11.8 Å². The van der Waals surface area contributed by atoms with E-state index in [9.17, 15) is 4.79 Å². The smallest absolute Gasteiger partial charge is 0.275 e. The zero-order valence-corrected chi connectivity index (χ0v) is 11.1. The lowest BCUT2D eigenvalue weighted by Gasteiger charge is -2.08. The van der Waals surface area contributed by atoms with Gasteiger partial charge in [0.15, 0.2) is 0 Å². The summed E-state index contributed by atoms with van der Waals surface area (Å²) in [4.78, 5) is 19.8. The summed E-state index contributed by atoms with van der Waals surface area (Å²) in [6, 6.07) is 5.59. The van der Waals surface area contributed by atoms with E-state index in [-0.39, 0.29) is 11.6 Å². The highest BCUT2D eigenvalue weighted by atomic mass is 16.1. The van der Waals surface area contributed by atoms with Crippen LogP contribution < -0.4 is 11.1 Å². The standard InChI is InChI=1S/C15H14N4O/c1-11-4-5-12(3-2-6-16)9-13(11)19-15(20)14-10-17-7-8-18-14/h4-5,7-10H,6,16H2,1H3,(H,19,20). The molecule has 0 bridgehead atoms. The Morgan fingerprint density at radius 3 is 2.95 bits per heavy atom. The highest BCUT2D eigenvalue weighted by molar-refractivity contribution is 6.03. The second-order valence-corrected chi connectivity index (χ2v) is 4.08. The topological polar surface area (TPSA) is 80.9 Å². The fourth-order valence-corrected chi connectivity index (χ4v) is 1.59. The summed E-state index contributed by atoms with van der Waals surface area (Å²) in [6.45, 7) is 2.21. The molecule has 0 atom stereocenters. The van der Waals surface area contributed by atoms with Crippen LogP contribution in [0, 0.1) is 18.8 Å². The normalized spacial score (nSPS) is 9.50. The number of aromatic nitrogens is 2. The lowest BCUT2D eigenvalue weighted by molar-refractivity contribution is 0.102. The summed E-state index contributed by atoms with van der Waals surface area (Å²) in [7, 11) is 0. The van der Waals surface area contributed by atoms with E-state index < -0.39 is 0 Å². The van der Waals surface area contributed by atoms with Crippen LogP contribution in [0.25, 0.3) is 0 Å². The number of rotatable bonds is 2. The number of carbonyl (C=O) groups is 1. The predicted molar refractivity (Wildman–Crippen MR) is 77.1 cm³/mol. The fourth-order valence-electron chi connectivity index (χ4n) is 1.59. The lowest BCUT2D eigenvalue weighted by Crippen LogP contribution is -2.14. The SMILES string of the molecule is Cc1ccc(C#CCN)cc1NC(=O)c1cnccn1. The summed E-state index contributed by atoms with van der Waals surface area (Å²) in [5, 5.41) is 2.80. The average molecular weight is 266 g/mol. The minimum absolute atomic E-state index is 0.269. The first-order valence-corrected chi connectivity index (χ1v) is 6.07. The average Bonchev–Trinajstić information content (AvgIpc) is 2.49. The highest BCUT2D eigenvalue weighted by Crippen LogP contribution is 2.17. The summed E-state index contributed by atoms with van der Waals surface area (Å²) in [6.07, 6.45) is 4.42. The monoisotopic (exact) mass is 266 g/mol. The molecule has 5 heteroatoms. The van der Waals surface area contributed by atoms with Crippen LogP contribution in [-0.2, 0) is 0 Å². The second kappa shape index (κ2) is 6.45. The Labute approximate surface area is 117 Å². The molecule has 0 unspecified atom stereocenters. The van der Waals surface area contributed by atoms with Gasteiger partial charge in [-0.15, -0.1) is 0 Å². The number of nitrogens with zero attached hydrogens (tertiary/aromatic N) is 2. The Morgan fingerprint density at radius 1 is 1.40 bits per heavy atom. The fraction of sp³-hybridized carbons (Fsp3) is 0.133. The van der Waals surface area contributed by atoms with Crippen LogP contribution >= 0.6 is 0 Å². The number of benzene rings is 1. The molecule has 1 aromatic heterocycles. The van der Waals surface area contributed by atoms with Crippen LogP contribution in [0.1, 0.15) is 21.6 Å². The van der Waals surface area contributed by atoms with Crippen molar-refractivity contribution in [3.05, 3.63) is 53.6 Å². The number of nitrogens with two attached hydrogens (primary N) is 1. The Bertz CT molecular complexity index is 671. The molecule has 20 heavy (non-hydrogen) atoms. The third-order valence-corrected chi connectivity index (χ3v) is 2.62. The maximum Gasteiger partial charge on any atom is 0.275 e. The molecule has 0 saturated heterocycles. The van der Waals surface area contributed by atoms with E-state index in [0.717, 1.165) is 11.1 Å². The quantitative estimate of drug-likeness (QED) is 0.804. The summed E-state index contributed by atoms with van der Waals surface area (Å²) < 4.78 is 0. The molecule has 5 nitrogen and oxygen atoms in total. The molecule has 3 N–H and O–H groups in total. The Kier molecular flexibility index (Phi) is 4.43. The van der Waals surface area contributed by atoms with Crippen molar-refractivity contribution in [2.45, 2.75) is 6.92 Å². The van der Waals surface area contributed by atoms with Gasteiger partial charge in [-0.3, -0.25) is 9.78 Å². The second-order valence-electron chi connectivity index (χ2n) is 4.08. The van der Waals surface area contributed by atoms with Crippen molar-refractivity contribution < 1.29 is 4.79 Å². The van der Waals surface area contributed by atoms with E-state index in [1.807, 2.05) is 25.1 Å². The number of aryl methyl sites for hydroxylation is 1. The summed E-state index contributed by atoms with van der Waals surface area (Å²) in [5.41, 5.74) is 8.06. The molecule has 0 aliphatic rings. The molecule has 0 saturated carbocycles. The van der Waals surface area contributed by atoms with Gasteiger partial charge >= 0.3 is 0 Å². The Balaban J connectivity index is 2.22. The minimum Gasteiger partial charge on any atom is -0.320 e. The van der Waals surface area contributed by atoms with Gasteiger partial charge in [0.2, 0.25) is 0 Å². The van der Waals surface area contributed by atoms with Gasteiger partial charge in [0.25, 0.3) is 5.91 Å². The van der Waals surface area contributed by atoms with Crippen LogP contribution in [0.4, 0.5) is 5.69 Å². The molecule has 2 aromatic rings. The van der Waals surface area contributed by atoms with Crippen molar-refractivity contribution in [3.63, 3.8) is 0 Å². The summed E-state index contributed by atoms with van der Waals surface area (Å²) in [5.74, 6) is 5.41. The molecule has 1 amide bonds. The number of anilines is 1. The van der Waals surface area contributed by atoms with E-state index in [1.165, 1.54) is 18.6 Å². The van der Waals surface area contributed by atoms with E-state index in [1.54, 1.807) is 0 Å². The van der Waals surface area contributed by atoms with Crippen LogP contribution in [0.3, 0.4) is 0 Å². The van der Waals surface area contributed by atoms with Crippen molar-refractivity contribution in [2.75, 3.05) is 11.9 Å². The van der Waals surface area contributed by atoms with Crippen LogP contribution in [0.5, 0.6) is 0 Å². The number of hydrogen-bond donors (Lipinski definition) is 2. The number of nitrogens with one attached hydrogen (secondary N) is 1. The van der Waals surface area contributed by atoms with Gasteiger partial charge in [-0.25, -0.2) is 4.98 Å². The van der Waals surface area contributed by atoms with Gasteiger partial charge in [0, 0.05) is 23.6 Å². The lowest BCUT2D eigenvalue weighted by atomic mass is 10.1. The van der Waals surface area contributed by atoms with E-state index in [2.05, 4.69) is 27.1 Å². The molecule has 0 fully saturated rings. The van der Waals surface area contributed by atoms with Gasteiger partial charge < -0.3 is 11.1 Å². The third kappa shape index (κ3) is 3.40. The van der Waals surface area contributed by atoms with Crippen molar-refractivity contribution in [2.24, 2.45) is 5.73 Å². The molecule has 1 aromatic carbocycles. The molecule has 0 radical (unpaired) electrons. The van der Waals surface area contributed by atoms with Gasteiger partial charge in [0.1, 0.15) is 5.69 Å². The Morgan fingerprint density at radius 2 is 2.25 bits per heavy atom. The largest absolute Gasteiger partial charge is 0.320 e. The van der Waals surface area contributed by atoms with Crippen LogP contribution in [0.15, 0.2) is 36.8 Å². The first kappa shape index (κ1) is 13.7. The van der Waals surface area contributed by atoms with Crippen molar-refractivity contribution in [1.29, 1.82) is 0 Å². The van der Waals surface area contributed by atoms with Gasteiger partial charge in [-0.1, -0.05) is 17.9 Å². The van der Waals surface area contributed by atoms with Gasteiger partial charge in [-0.2, -0.15) is 0 Å². The predicted octanol–water partition coefficient (Wildman–Crippen LogP) is 1.35. The molecule has 100 valence electrons. The maximum atomic E-state index is 12.0. The summed E-state index contributed by atoms with van der Waals surface area (Å²) >= 11 is 0. The first-order chi connectivity index (χ1) is 9.70. The molecular formula is C15H14N4O. The van der Waals surface area contributed by atoms with E-state index >= 15 is 0 Å². The number of carbonyl (C=O) groups excluding carboxylic acids is 1. The minimum atomic E-state index is -0.301. The number of hydrogen-bond acceptors (Lipinski definition) is 4. The number of amides is 1. The molecule has 2 rings (SSSR count). The van der Waals surface area contributed by atoms with Gasteiger partial charge in [0.05, 0.1) is 12.7 Å². The van der Waals surface area contributed by atoms with Crippen molar-refractivity contribution in [1.82, 2.24) is 9.97 Å². The molecule has 0 spiro atoms. The zero-order chi connectivity index (χ0) is 14.4. The Hall–Kier alpha value is -2.71. The van der Waals surface area contributed by atoms with Crippen LogP contribution in [0.2, 0.25) is 0 Å². The van der Waals surface area contributed by atoms with Crippen molar-refractivity contribution >= 4 is 11.6 Å². The molecular weight excluding hydrogens is 252 g/mol. The molecule has 0 aliphatic heterocycles. The molecule has 1 heterocycles. The third-order valence-electron chi connectivity index (χ3n) is 2.62.